The fourth-order valence-electron chi connectivity index (χ4n) is 3.00. The van der Waals surface area contributed by atoms with Crippen LogP contribution in [0.5, 0.6) is 0 Å². The number of hydrogen-bond acceptors (Lipinski definition) is 3. The van der Waals surface area contributed by atoms with Gasteiger partial charge in [0.2, 0.25) is 0 Å². The number of nitrogens with one attached hydrogen (secondary N) is 1. The maximum atomic E-state index is 12.3. The van der Waals surface area contributed by atoms with E-state index in [1.54, 1.807) is 4.31 Å². The van der Waals surface area contributed by atoms with E-state index in [9.17, 15) is 8.42 Å². The molecule has 0 aromatic rings. The van der Waals surface area contributed by atoms with Gasteiger partial charge < -0.3 is 5.73 Å². The van der Waals surface area contributed by atoms with E-state index < -0.39 is 10.2 Å². The molecule has 112 valence electrons. The van der Waals surface area contributed by atoms with E-state index in [1.165, 1.54) is 0 Å². The van der Waals surface area contributed by atoms with Crippen LogP contribution in [-0.4, -0.2) is 38.9 Å². The Kier molecular flexibility index (Phi) is 4.87. The summed E-state index contributed by atoms with van der Waals surface area (Å²) in [7, 11) is -3.31. The Morgan fingerprint density at radius 3 is 2.74 bits per heavy atom. The Bertz CT molecular complexity index is 393. The molecule has 1 unspecified atom stereocenters. The Morgan fingerprint density at radius 1 is 1.42 bits per heavy atom. The van der Waals surface area contributed by atoms with Crippen molar-refractivity contribution < 1.29 is 8.42 Å². The summed E-state index contributed by atoms with van der Waals surface area (Å²) in [6.45, 7) is 4.54. The number of nitrogens with two attached hydrogens (primary N) is 1. The molecule has 19 heavy (non-hydrogen) atoms. The van der Waals surface area contributed by atoms with Crippen LogP contribution < -0.4 is 10.5 Å². The minimum absolute atomic E-state index is 0.255. The van der Waals surface area contributed by atoms with Crippen LogP contribution in [0.2, 0.25) is 0 Å². The van der Waals surface area contributed by atoms with Crippen LogP contribution in [0.15, 0.2) is 0 Å². The highest BCUT2D eigenvalue weighted by Gasteiger charge is 2.42. The molecule has 0 spiro atoms. The quantitative estimate of drug-likeness (QED) is 0.736. The minimum Gasteiger partial charge on any atom is -0.330 e. The summed E-state index contributed by atoms with van der Waals surface area (Å²) in [6, 6.07) is 0. The molecule has 0 aromatic heterocycles. The summed E-state index contributed by atoms with van der Waals surface area (Å²) in [6.07, 6.45) is 6.54. The molecule has 1 aliphatic carbocycles. The van der Waals surface area contributed by atoms with Crippen LogP contribution in [0, 0.1) is 11.3 Å². The lowest BCUT2D eigenvalue weighted by atomic mass is 10.0. The summed E-state index contributed by atoms with van der Waals surface area (Å²) in [5.74, 6) is 0.316. The first-order chi connectivity index (χ1) is 9.01. The Morgan fingerprint density at radius 2 is 2.16 bits per heavy atom. The summed E-state index contributed by atoms with van der Waals surface area (Å²) in [4.78, 5) is 0. The van der Waals surface area contributed by atoms with Gasteiger partial charge in [-0.05, 0) is 50.0 Å². The van der Waals surface area contributed by atoms with Crippen LogP contribution in [0.3, 0.4) is 0 Å². The summed E-state index contributed by atoms with van der Waals surface area (Å²) < 4.78 is 29.0. The van der Waals surface area contributed by atoms with Gasteiger partial charge in [0.25, 0.3) is 10.2 Å². The third-order valence-corrected chi connectivity index (χ3v) is 6.04. The van der Waals surface area contributed by atoms with E-state index in [0.717, 1.165) is 38.5 Å². The normalized spacial score (nSPS) is 27.4. The van der Waals surface area contributed by atoms with E-state index >= 15 is 0 Å². The van der Waals surface area contributed by atoms with Crippen molar-refractivity contribution >= 4 is 10.2 Å². The SMILES string of the molecule is CCCC1(CNS(=O)(=O)N2CCCC(CN)C2)CC1. The predicted molar refractivity (Wildman–Crippen MR) is 76.8 cm³/mol. The highest BCUT2D eigenvalue weighted by atomic mass is 32.2. The smallest absolute Gasteiger partial charge is 0.279 e. The van der Waals surface area contributed by atoms with Gasteiger partial charge in [-0.3, -0.25) is 0 Å². The molecule has 0 bridgehead atoms. The summed E-state index contributed by atoms with van der Waals surface area (Å²) >= 11 is 0. The Hall–Kier alpha value is -0.170. The molecule has 2 fully saturated rings. The standard InChI is InChI=1S/C13H27N3O2S/c1-2-5-13(6-7-13)11-15-19(17,18)16-8-3-4-12(9-14)10-16/h12,15H,2-11,14H2,1H3. The molecular formula is C13H27N3O2S. The number of piperidine rings is 1. The number of rotatable bonds is 7. The number of hydrogen-bond donors (Lipinski definition) is 2. The van der Waals surface area contributed by atoms with E-state index in [-0.39, 0.29) is 5.41 Å². The highest BCUT2D eigenvalue weighted by Crippen LogP contribution is 2.49. The van der Waals surface area contributed by atoms with E-state index in [4.69, 9.17) is 5.73 Å². The zero-order valence-corrected chi connectivity index (χ0v) is 12.7. The van der Waals surface area contributed by atoms with Gasteiger partial charge in [-0.2, -0.15) is 12.7 Å². The van der Waals surface area contributed by atoms with Crippen LogP contribution in [0.1, 0.15) is 45.4 Å². The van der Waals surface area contributed by atoms with Crippen molar-refractivity contribution in [1.29, 1.82) is 0 Å². The molecule has 1 atom stereocenters. The average Bonchev–Trinajstić information content (AvgIpc) is 3.18. The maximum absolute atomic E-state index is 12.3. The monoisotopic (exact) mass is 289 g/mol. The molecular weight excluding hydrogens is 262 g/mol. The van der Waals surface area contributed by atoms with Crippen LogP contribution >= 0.6 is 0 Å². The van der Waals surface area contributed by atoms with Crippen LogP contribution in [-0.2, 0) is 10.2 Å². The molecule has 0 aromatic carbocycles. The third-order valence-electron chi connectivity index (χ3n) is 4.52. The second-order valence-electron chi connectivity index (χ2n) is 6.18. The second-order valence-corrected chi connectivity index (χ2v) is 7.93. The molecule has 2 rings (SSSR count). The first kappa shape index (κ1) is 15.2. The van der Waals surface area contributed by atoms with Gasteiger partial charge in [-0.1, -0.05) is 13.3 Å². The van der Waals surface area contributed by atoms with E-state index in [0.29, 0.717) is 32.1 Å². The van der Waals surface area contributed by atoms with Crippen molar-refractivity contribution in [3.05, 3.63) is 0 Å². The van der Waals surface area contributed by atoms with Crippen molar-refractivity contribution in [1.82, 2.24) is 9.03 Å². The van der Waals surface area contributed by atoms with Gasteiger partial charge in [0.15, 0.2) is 0 Å². The molecule has 1 aliphatic heterocycles. The maximum Gasteiger partial charge on any atom is 0.279 e. The third kappa shape index (κ3) is 3.90. The van der Waals surface area contributed by atoms with Crippen molar-refractivity contribution in [2.75, 3.05) is 26.2 Å². The molecule has 6 heteroatoms. The van der Waals surface area contributed by atoms with Crippen molar-refractivity contribution in [3.63, 3.8) is 0 Å². The van der Waals surface area contributed by atoms with Gasteiger partial charge >= 0.3 is 0 Å². The Labute approximate surface area is 117 Å². The largest absolute Gasteiger partial charge is 0.330 e. The first-order valence-corrected chi connectivity index (χ1v) is 8.90. The molecule has 3 N–H and O–H groups in total. The fourth-order valence-corrected chi connectivity index (χ4v) is 4.44. The molecule has 0 amide bonds. The van der Waals surface area contributed by atoms with Crippen LogP contribution in [0.25, 0.3) is 0 Å². The van der Waals surface area contributed by atoms with Crippen LogP contribution in [0.4, 0.5) is 0 Å². The predicted octanol–water partition coefficient (Wildman–Crippen LogP) is 1.07. The Balaban J connectivity index is 1.87. The van der Waals surface area contributed by atoms with Gasteiger partial charge in [0.05, 0.1) is 0 Å². The fraction of sp³-hybridized carbons (Fsp3) is 1.00. The lowest BCUT2D eigenvalue weighted by Crippen LogP contribution is -2.48. The van der Waals surface area contributed by atoms with Gasteiger partial charge in [0, 0.05) is 19.6 Å². The van der Waals surface area contributed by atoms with E-state index in [1.807, 2.05) is 0 Å². The van der Waals surface area contributed by atoms with Gasteiger partial charge in [0.1, 0.15) is 0 Å². The minimum atomic E-state index is -3.31. The summed E-state index contributed by atoms with van der Waals surface area (Å²) in [5, 5.41) is 0. The van der Waals surface area contributed by atoms with Gasteiger partial charge in [-0.15, -0.1) is 0 Å². The molecule has 2 aliphatic rings. The molecule has 1 heterocycles. The van der Waals surface area contributed by atoms with Crippen molar-refractivity contribution in [3.8, 4) is 0 Å². The number of nitrogens with zero attached hydrogens (tertiary/aromatic N) is 1. The molecule has 1 saturated heterocycles. The molecule has 1 saturated carbocycles. The topological polar surface area (TPSA) is 75.4 Å². The summed E-state index contributed by atoms with van der Waals surface area (Å²) in [5.41, 5.74) is 5.91. The van der Waals surface area contributed by atoms with Crippen molar-refractivity contribution in [2.45, 2.75) is 45.4 Å². The average molecular weight is 289 g/mol. The zero-order chi connectivity index (χ0) is 13.9. The van der Waals surface area contributed by atoms with E-state index in [2.05, 4.69) is 11.6 Å². The lowest BCUT2D eigenvalue weighted by molar-refractivity contribution is 0.267. The lowest BCUT2D eigenvalue weighted by Gasteiger charge is -2.31. The molecule has 5 nitrogen and oxygen atoms in total. The van der Waals surface area contributed by atoms with Gasteiger partial charge in [-0.25, -0.2) is 4.72 Å². The second kappa shape index (κ2) is 6.08. The molecule has 0 radical (unpaired) electrons. The highest BCUT2D eigenvalue weighted by molar-refractivity contribution is 7.87. The first-order valence-electron chi connectivity index (χ1n) is 7.46. The van der Waals surface area contributed by atoms with Crippen molar-refractivity contribution in [2.24, 2.45) is 17.1 Å². The zero-order valence-electron chi connectivity index (χ0n) is 11.9.